The molecule has 0 atom stereocenters. The topological polar surface area (TPSA) is 37.4 Å². The fourth-order valence-corrected chi connectivity index (χ4v) is 3.86. The zero-order valence-electron chi connectivity index (χ0n) is 13.2. The van der Waals surface area contributed by atoms with E-state index in [9.17, 15) is 12.8 Å². The van der Waals surface area contributed by atoms with Crippen molar-refractivity contribution in [2.45, 2.75) is 68.4 Å². The Morgan fingerprint density at radius 2 is 1.46 bits per heavy atom. The first-order valence-corrected chi connectivity index (χ1v) is 8.60. The molecule has 1 saturated heterocycles. The molecule has 0 amide bonds. The minimum atomic E-state index is -2.85. The van der Waals surface area contributed by atoms with Gasteiger partial charge in [0, 0.05) is 45.3 Å². The van der Waals surface area contributed by atoms with Crippen LogP contribution in [0.3, 0.4) is 0 Å². The number of benzene rings is 1. The maximum absolute atomic E-state index is 12.4. The molecule has 1 aromatic carbocycles. The van der Waals surface area contributed by atoms with Crippen molar-refractivity contribution in [2.75, 3.05) is 12.3 Å². The van der Waals surface area contributed by atoms with E-state index < -0.39 is 10.0 Å². The Bertz CT molecular complexity index is 516. The van der Waals surface area contributed by atoms with Gasteiger partial charge in [-0.05, 0) is 43.9 Å². The van der Waals surface area contributed by atoms with Gasteiger partial charge in [0.25, 0.3) is 0 Å². The molecule has 2 rings (SSSR count). The first kappa shape index (κ1) is 31.9. The first-order valence-electron chi connectivity index (χ1n) is 6.99. The fourth-order valence-electron chi connectivity index (χ4n) is 2.09. The monoisotopic (exact) mass is 438 g/mol. The maximum atomic E-state index is 12.4. The van der Waals surface area contributed by atoms with Crippen molar-refractivity contribution in [2.24, 2.45) is 0 Å². The van der Waals surface area contributed by atoms with Crippen LogP contribution in [0.4, 0.5) is 4.39 Å². The Morgan fingerprint density at radius 1 is 1.00 bits per heavy atom. The number of halogens is 1. The summed E-state index contributed by atoms with van der Waals surface area (Å²) in [6, 6.07) is 6.76. The van der Waals surface area contributed by atoms with Crippen molar-refractivity contribution in [1.29, 1.82) is 0 Å². The molecule has 0 unspecified atom stereocenters. The Balaban J connectivity index is -0.000000143. The van der Waals surface area contributed by atoms with Crippen LogP contribution in [-0.2, 0) is 42.7 Å². The molecule has 141 valence electrons. The second-order valence-corrected chi connectivity index (χ2v) is 7.62. The maximum Gasteiger partial charge on any atom is 0.214 e. The summed E-state index contributed by atoms with van der Waals surface area (Å²) in [6.07, 6.45) is 0.792. The molecule has 0 aromatic heterocycles. The molecule has 6 heteroatoms. The smallest absolute Gasteiger partial charge is 0.212 e. The Morgan fingerprint density at radius 3 is 1.71 bits per heavy atom. The van der Waals surface area contributed by atoms with E-state index >= 15 is 0 Å². The standard InChI is InChI=1S/C9H11F.C6H13NO2S.3CH4.Y/c1-7(2)8-3-5-9(10)6-4-8;1-6(2)7-4-3-5-10(7,8)9;;;;/h3-7H,1-2H3;6H,3-5H2,1-2H3;3*1H4;. The molecule has 0 N–H and O–H groups in total. The third-order valence-electron chi connectivity index (χ3n) is 3.25. The molecule has 1 aliphatic rings. The Hall–Kier alpha value is 0.164. The van der Waals surface area contributed by atoms with E-state index in [0.717, 1.165) is 6.42 Å². The molecule has 1 heterocycles. The van der Waals surface area contributed by atoms with Gasteiger partial charge in [-0.3, -0.25) is 0 Å². The van der Waals surface area contributed by atoms with Gasteiger partial charge in [0.05, 0.1) is 5.75 Å². The van der Waals surface area contributed by atoms with Gasteiger partial charge in [-0.2, -0.15) is 4.31 Å². The summed E-state index contributed by atoms with van der Waals surface area (Å²) in [5, 5.41) is 0. The van der Waals surface area contributed by atoms with Crippen LogP contribution >= 0.6 is 0 Å². The summed E-state index contributed by atoms with van der Waals surface area (Å²) in [5.41, 5.74) is 1.18. The molecule has 0 bridgehead atoms. The van der Waals surface area contributed by atoms with Gasteiger partial charge in [-0.1, -0.05) is 48.3 Å². The van der Waals surface area contributed by atoms with E-state index in [-0.39, 0.29) is 66.8 Å². The summed E-state index contributed by atoms with van der Waals surface area (Å²) < 4.78 is 36.2. The van der Waals surface area contributed by atoms with Crippen LogP contribution in [0.5, 0.6) is 0 Å². The van der Waals surface area contributed by atoms with Gasteiger partial charge in [0.1, 0.15) is 5.82 Å². The minimum absolute atomic E-state index is 0. The van der Waals surface area contributed by atoms with E-state index in [2.05, 4.69) is 13.8 Å². The second kappa shape index (κ2) is 14.3. The number of rotatable bonds is 2. The van der Waals surface area contributed by atoms with Crippen LogP contribution in [-0.4, -0.2) is 31.1 Å². The summed E-state index contributed by atoms with van der Waals surface area (Å²) in [7, 11) is -2.85. The second-order valence-electron chi connectivity index (χ2n) is 5.58. The van der Waals surface area contributed by atoms with Gasteiger partial charge in [-0.25, -0.2) is 12.8 Å². The fraction of sp³-hybridized carbons (Fsp3) is 0.667. The Kier molecular flexibility index (Phi) is 19.1. The van der Waals surface area contributed by atoms with Crippen LogP contribution in [0, 0.1) is 5.82 Å². The molecule has 0 aliphatic carbocycles. The van der Waals surface area contributed by atoms with Crippen LogP contribution in [0.15, 0.2) is 24.3 Å². The molecule has 1 aliphatic heterocycles. The van der Waals surface area contributed by atoms with E-state index in [0.29, 0.717) is 18.2 Å². The predicted molar refractivity (Wildman–Crippen MR) is 101 cm³/mol. The van der Waals surface area contributed by atoms with E-state index in [4.69, 9.17) is 0 Å². The van der Waals surface area contributed by atoms with Gasteiger partial charge >= 0.3 is 0 Å². The average molecular weight is 438 g/mol. The SMILES string of the molecule is C.C.C.CC(C)N1CCCS1(=O)=O.CC(C)c1ccc(F)cc1.[Y]. The molecular formula is C18H36FNO2SY. The minimum Gasteiger partial charge on any atom is -0.212 e. The number of hydrogen-bond acceptors (Lipinski definition) is 2. The molecule has 1 radical (unpaired) electrons. The van der Waals surface area contributed by atoms with Crippen LogP contribution in [0.25, 0.3) is 0 Å². The predicted octanol–water partition coefficient (Wildman–Crippen LogP) is 5.29. The summed E-state index contributed by atoms with van der Waals surface area (Å²) in [4.78, 5) is 0. The van der Waals surface area contributed by atoms with Crippen LogP contribution in [0.2, 0.25) is 0 Å². The van der Waals surface area contributed by atoms with Gasteiger partial charge in [0.2, 0.25) is 10.0 Å². The zero-order chi connectivity index (χ0) is 15.3. The molecule has 24 heavy (non-hydrogen) atoms. The number of nitrogens with zero attached hydrogens (tertiary/aromatic N) is 1. The van der Waals surface area contributed by atoms with Gasteiger partial charge in [-0.15, -0.1) is 0 Å². The summed E-state index contributed by atoms with van der Waals surface area (Å²) in [5.74, 6) is 0.663. The van der Waals surface area contributed by atoms with Gasteiger partial charge < -0.3 is 0 Å². The molecule has 3 nitrogen and oxygen atoms in total. The molecule has 0 saturated carbocycles. The molecule has 1 aromatic rings. The number of sulfonamides is 1. The van der Waals surface area contributed by atoms with Crippen molar-refractivity contribution in [3.8, 4) is 0 Å². The van der Waals surface area contributed by atoms with E-state index in [1.807, 2.05) is 26.0 Å². The molecule has 0 spiro atoms. The van der Waals surface area contributed by atoms with E-state index in [1.165, 1.54) is 17.7 Å². The van der Waals surface area contributed by atoms with Crippen molar-refractivity contribution in [3.63, 3.8) is 0 Å². The third kappa shape index (κ3) is 10.2. The van der Waals surface area contributed by atoms with Crippen LogP contribution < -0.4 is 0 Å². The van der Waals surface area contributed by atoms with Crippen molar-refractivity contribution in [3.05, 3.63) is 35.6 Å². The van der Waals surface area contributed by atoms with E-state index in [1.54, 1.807) is 4.31 Å². The Labute approximate surface area is 175 Å². The summed E-state index contributed by atoms with van der Waals surface area (Å²) >= 11 is 0. The number of hydrogen-bond donors (Lipinski definition) is 0. The van der Waals surface area contributed by atoms with Crippen molar-refractivity contribution < 1.29 is 45.5 Å². The third-order valence-corrected chi connectivity index (χ3v) is 5.37. The summed E-state index contributed by atoms with van der Waals surface area (Å²) in [6.45, 7) is 8.70. The van der Waals surface area contributed by atoms with Crippen LogP contribution in [0.1, 0.15) is 67.9 Å². The molecule has 1 fully saturated rings. The largest absolute Gasteiger partial charge is 0.214 e. The first-order chi connectivity index (χ1) is 9.24. The van der Waals surface area contributed by atoms with Crippen molar-refractivity contribution in [1.82, 2.24) is 4.31 Å². The van der Waals surface area contributed by atoms with Gasteiger partial charge in [0.15, 0.2) is 0 Å². The normalized spacial score (nSPS) is 15.1. The van der Waals surface area contributed by atoms with Crippen molar-refractivity contribution >= 4 is 10.0 Å². The molecular weight excluding hydrogens is 402 g/mol. The quantitative estimate of drug-likeness (QED) is 0.630. The average Bonchev–Trinajstić information content (AvgIpc) is 2.70. The zero-order valence-corrected chi connectivity index (χ0v) is 16.9.